The Morgan fingerprint density at radius 3 is 2.67 bits per heavy atom. The van der Waals surface area contributed by atoms with E-state index in [9.17, 15) is 4.79 Å². The van der Waals surface area contributed by atoms with Crippen molar-refractivity contribution < 1.29 is 4.79 Å². The van der Waals surface area contributed by atoms with Crippen molar-refractivity contribution in [3.63, 3.8) is 0 Å². The Morgan fingerprint density at radius 2 is 2.05 bits per heavy atom. The second-order valence-electron chi connectivity index (χ2n) is 6.44. The minimum Gasteiger partial charge on any atom is -0.356 e. The molecule has 1 atom stereocenters. The molecule has 1 aromatic carbocycles. The highest BCUT2D eigenvalue weighted by Crippen LogP contribution is 2.26. The summed E-state index contributed by atoms with van der Waals surface area (Å²) in [6, 6.07) is 10.3. The van der Waals surface area contributed by atoms with Crippen LogP contribution in [0.25, 0.3) is 0 Å². The van der Waals surface area contributed by atoms with E-state index >= 15 is 0 Å². The monoisotopic (exact) mass is 310 g/mol. The normalized spacial score (nSPS) is 18.7. The standard InChI is InChI=1S/C17H26N2O.ClH/c1-17(2,15-8-4-3-5-9-15)11-16(20)19-13-14-7-6-10-18-12-14;/h3-5,8-9,14,18H,6-7,10-13H2,1-2H3,(H,19,20);1H. The molecule has 0 radical (unpaired) electrons. The summed E-state index contributed by atoms with van der Waals surface area (Å²) in [4.78, 5) is 12.1. The quantitative estimate of drug-likeness (QED) is 0.878. The van der Waals surface area contributed by atoms with Crippen molar-refractivity contribution in [3.8, 4) is 0 Å². The highest BCUT2D eigenvalue weighted by atomic mass is 35.5. The van der Waals surface area contributed by atoms with Crippen LogP contribution in [-0.2, 0) is 10.2 Å². The van der Waals surface area contributed by atoms with Crippen molar-refractivity contribution in [1.82, 2.24) is 10.6 Å². The molecule has 0 bridgehead atoms. The molecule has 0 saturated carbocycles. The molecule has 1 aromatic rings. The number of carbonyl (C=O) groups excluding carboxylic acids is 1. The van der Waals surface area contributed by atoms with Crippen molar-refractivity contribution >= 4 is 18.3 Å². The molecule has 0 aromatic heterocycles. The zero-order valence-electron chi connectivity index (χ0n) is 13.0. The number of amides is 1. The highest BCUT2D eigenvalue weighted by Gasteiger charge is 2.24. The van der Waals surface area contributed by atoms with Crippen LogP contribution in [0.3, 0.4) is 0 Å². The van der Waals surface area contributed by atoms with Gasteiger partial charge >= 0.3 is 0 Å². The third-order valence-corrected chi connectivity index (χ3v) is 4.14. The Bertz CT molecular complexity index is 428. The van der Waals surface area contributed by atoms with E-state index < -0.39 is 0 Å². The summed E-state index contributed by atoms with van der Waals surface area (Å²) in [5.41, 5.74) is 1.10. The molecule has 1 aliphatic rings. The van der Waals surface area contributed by atoms with Crippen LogP contribution < -0.4 is 10.6 Å². The Balaban J connectivity index is 0.00000220. The first-order valence-corrected chi connectivity index (χ1v) is 7.61. The number of hydrogen-bond acceptors (Lipinski definition) is 2. The van der Waals surface area contributed by atoms with Crippen LogP contribution in [0.2, 0.25) is 0 Å². The van der Waals surface area contributed by atoms with Crippen molar-refractivity contribution in [2.75, 3.05) is 19.6 Å². The smallest absolute Gasteiger partial charge is 0.220 e. The summed E-state index contributed by atoms with van der Waals surface area (Å²) in [6.07, 6.45) is 2.97. The van der Waals surface area contributed by atoms with E-state index in [4.69, 9.17) is 0 Å². The first-order valence-electron chi connectivity index (χ1n) is 7.61. The lowest BCUT2D eigenvalue weighted by atomic mass is 9.81. The van der Waals surface area contributed by atoms with Crippen molar-refractivity contribution in [3.05, 3.63) is 35.9 Å². The van der Waals surface area contributed by atoms with Crippen LogP contribution in [0.15, 0.2) is 30.3 Å². The molecular weight excluding hydrogens is 284 g/mol. The number of nitrogens with one attached hydrogen (secondary N) is 2. The minimum absolute atomic E-state index is 0. The molecular formula is C17H27ClN2O. The molecule has 0 aliphatic carbocycles. The van der Waals surface area contributed by atoms with Gasteiger partial charge in [-0.3, -0.25) is 4.79 Å². The van der Waals surface area contributed by atoms with Gasteiger partial charge in [-0.15, -0.1) is 12.4 Å². The third kappa shape index (κ3) is 5.68. The summed E-state index contributed by atoms with van der Waals surface area (Å²) >= 11 is 0. The molecule has 1 saturated heterocycles. The maximum absolute atomic E-state index is 12.1. The molecule has 2 rings (SSSR count). The fraction of sp³-hybridized carbons (Fsp3) is 0.588. The van der Waals surface area contributed by atoms with Gasteiger partial charge in [0, 0.05) is 13.0 Å². The van der Waals surface area contributed by atoms with Gasteiger partial charge in [-0.2, -0.15) is 0 Å². The Morgan fingerprint density at radius 1 is 1.33 bits per heavy atom. The average Bonchev–Trinajstić information content (AvgIpc) is 2.47. The number of carbonyl (C=O) groups is 1. The minimum atomic E-state index is -0.115. The predicted octanol–water partition coefficient (Wildman–Crippen LogP) is 2.89. The van der Waals surface area contributed by atoms with Gasteiger partial charge in [-0.1, -0.05) is 44.2 Å². The van der Waals surface area contributed by atoms with E-state index in [2.05, 4.69) is 36.6 Å². The van der Waals surface area contributed by atoms with Gasteiger partial charge in [0.1, 0.15) is 0 Å². The largest absolute Gasteiger partial charge is 0.356 e. The van der Waals surface area contributed by atoms with Gasteiger partial charge < -0.3 is 10.6 Å². The van der Waals surface area contributed by atoms with E-state index in [0.29, 0.717) is 12.3 Å². The molecule has 1 fully saturated rings. The maximum atomic E-state index is 12.1. The number of piperidine rings is 1. The van der Waals surface area contributed by atoms with Gasteiger partial charge in [-0.25, -0.2) is 0 Å². The lowest BCUT2D eigenvalue weighted by molar-refractivity contribution is -0.122. The topological polar surface area (TPSA) is 41.1 Å². The number of halogens is 1. The van der Waals surface area contributed by atoms with Crippen LogP contribution in [0.5, 0.6) is 0 Å². The number of benzene rings is 1. The zero-order valence-corrected chi connectivity index (χ0v) is 13.8. The predicted molar refractivity (Wildman–Crippen MR) is 89.9 cm³/mol. The van der Waals surface area contributed by atoms with E-state index in [1.165, 1.54) is 18.4 Å². The second kappa shape index (κ2) is 8.40. The Kier molecular flexibility index (Phi) is 7.20. The Hall–Kier alpha value is -1.06. The lowest BCUT2D eigenvalue weighted by Gasteiger charge is -2.26. The number of hydrogen-bond donors (Lipinski definition) is 2. The van der Waals surface area contributed by atoms with E-state index in [-0.39, 0.29) is 23.7 Å². The molecule has 4 heteroatoms. The second-order valence-corrected chi connectivity index (χ2v) is 6.44. The summed E-state index contributed by atoms with van der Waals surface area (Å²) in [5, 5.41) is 6.48. The summed E-state index contributed by atoms with van der Waals surface area (Å²) in [5.74, 6) is 0.747. The third-order valence-electron chi connectivity index (χ3n) is 4.14. The average molecular weight is 311 g/mol. The van der Waals surface area contributed by atoms with Gasteiger partial charge in [-0.05, 0) is 42.8 Å². The fourth-order valence-electron chi connectivity index (χ4n) is 2.81. The molecule has 1 heterocycles. The van der Waals surface area contributed by atoms with E-state index in [0.717, 1.165) is 19.6 Å². The van der Waals surface area contributed by atoms with Crippen LogP contribution in [-0.4, -0.2) is 25.5 Å². The first kappa shape index (κ1) is 18.0. The fourth-order valence-corrected chi connectivity index (χ4v) is 2.81. The van der Waals surface area contributed by atoms with Crippen LogP contribution in [0.4, 0.5) is 0 Å². The van der Waals surface area contributed by atoms with Crippen LogP contribution in [0, 0.1) is 5.92 Å². The molecule has 118 valence electrons. The molecule has 1 unspecified atom stereocenters. The van der Waals surface area contributed by atoms with Gasteiger partial charge in [0.15, 0.2) is 0 Å². The van der Waals surface area contributed by atoms with Gasteiger partial charge in [0.05, 0.1) is 0 Å². The van der Waals surface area contributed by atoms with Gasteiger partial charge in [0.2, 0.25) is 5.91 Å². The maximum Gasteiger partial charge on any atom is 0.220 e. The van der Waals surface area contributed by atoms with Gasteiger partial charge in [0.25, 0.3) is 0 Å². The molecule has 3 nitrogen and oxygen atoms in total. The van der Waals surface area contributed by atoms with Crippen molar-refractivity contribution in [2.45, 2.75) is 38.5 Å². The molecule has 1 aliphatic heterocycles. The molecule has 2 N–H and O–H groups in total. The van der Waals surface area contributed by atoms with E-state index in [1.807, 2.05) is 18.2 Å². The number of rotatable bonds is 5. The zero-order chi connectivity index (χ0) is 14.4. The van der Waals surface area contributed by atoms with Crippen LogP contribution in [0.1, 0.15) is 38.7 Å². The lowest BCUT2D eigenvalue weighted by Crippen LogP contribution is -2.39. The van der Waals surface area contributed by atoms with Crippen molar-refractivity contribution in [1.29, 1.82) is 0 Å². The summed E-state index contributed by atoms with van der Waals surface area (Å²) in [6.45, 7) is 7.21. The highest BCUT2D eigenvalue weighted by molar-refractivity contribution is 5.85. The first-order chi connectivity index (χ1) is 9.58. The molecule has 0 spiro atoms. The Labute approximate surface area is 134 Å². The summed E-state index contributed by atoms with van der Waals surface area (Å²) in [7, 11) is 0. The molecule has 1 amide bonds. The summed E-state index contributed by atoms with van der Waals surface area (Å²) < 4.78 is 0. The SMILES string of the molecule is CC(C)(CC(=O)NCC1CCCNC1)c1ccccc1.Cl. The van der Waals surface area contributed by atoms with E-state index in [1.54, 1.807) is 0 Å². The molecule has 21 heavy (non-hydrogen) atoms. The van der Waals surface area contributed by atoms with Crippen molar-refractivity contribution in [2.24, 2.45) is 5.92 Å². The van der Waals surface area contributed by atoms with Crippen LogP contribution >= 0.6 is 12.4 Å².